The first-order chi connectivity index (χ1) is 12.2. The summed E-state index contributed by atoms with van der Waals surface area (Å²) in [5.74, 6) is -1.46. The van der Waals surface area contributed by atoms with E-state index in [0.717, 1.165) is 11.3 Å². The number of hydrogen-bond acceptors (Lipinski definition) is 6. The van der Waals surface area contributed by atoms with E-state index in [1.54, 1.807) is 20.8 Å². The number of amides is 1. The molecule has 0 aliphatic heterocycles. The number of carbonyl (C=O) groups excluding carboxylic acids is 1. The number of nitrogens with zero attached hydrogens (tertiary/aromatic N) is 1. The molecule has 1 heterocycles. The molecule has 10 heteroatoms. The zero-order valence-electron chi connectivity index (χ0n) is 14.4. The number of carbonyl (C=O) groups is 2. The molecule has 0 saturated heterocycles. The summed E-state index contributed by atoms with van der Waals surface area (Å²) in [6.07, 6.45) is 0. The molecule has 2 rings (SSSR count). The topological polar surface area (TPSA) is 125 Å². The zero-order valence-corrected chi connectivity index (χ0v) is 16.1. The van der Waals surface area contributed by atoms with Gasteiger partial charge in [-0.15, -0.1) is 11.3 Å². The van der Waals surface area contributed by atoms with Gasteiger partial charge in [-0.25, -0.2) is 22.9 Å². The number of thiazole rings is 1. The third-order valence-electron chi connectivity index (χ3n) is 3.49. The van der Waals surface area contributed by atoms with Crippen molar-refractivity contribution in [2.45, 2.75) is 31.7 Å². The number of hydrogen-bond donors (Lipinski definition) is 3. The van der Waals surface area contributed by atoms with Crippen LogP contribution in [-0.2, 0) is 10.0 Å². The first-order valence-electron chi connectivity index (χ1n) is 7.77. The van der Waals surface area contributed by atoms with Crippen molar-refractivity contribution in [3.05, 3.63) is 45.4 Å². The number of rotatable bonds is 7. The number of carboxylic acids is 1. The van der Waals surface area contributed by atoms with Crippen LogP contribution in [0.5, 0.6) is 0 Å². The van der Waals surface area contributed by atoms with Crippen LogP contribution in [0.2, 0.25) is 0 Å². The number of benzene rings is 1. The summed E-state index contributed by atoms with van der Waals surface area (Å²) >= 11 is 1.01. The number of carboxylic acid groups (broad SMARTS) is 1. The highest BCUT2D eigenvalue weighted by Crippen LogP contribution is 2.24. The number of aromatic nitrogens is 1. The minimum Gasteiger partial charge on any atom is -0.477 e. The van der Waals surface area contributed by atoms with Crippen LogP contribution < -0.4 is 10.0 Å². The Balaban J connectivity index is 2.12. The van der Waals surface area contributed by atoms with Gasteiger partial charge < -0.3 is 10.4 Å². The molecule has 2 aromatic rings. The summed E-state index contributed by atoms with van der Waals surface area (Å²) < 4.78 is 26.2. The van der Waals surface area contributed by atoms with E-state index >= 15 is 0 Å². The number of nitrogens with one attached hydrogen (secondary N) is 2. The van der Waals surface area contributed by atoms with Crippen molar-refractivity contribution in [3.8, 4) is 0 Å². The smallest absolute Gasteiger partial charge is 0.347 e. The summed E-state index contributed by atoms with van der Waals surface area (Å²) in [6, 6.07) is 5.07. The molecule has 3 N–H and O–H groups in total. The fourth-order valence-corrected chi connectivity index (χ4v) is 4.15. The predicted molar refractivity (Wildman–Crippen MR) is 97.0 cm³/mol. The molecular formula is C16H19N3O5S2. The van der Waals surface area contributed by atoms with Gasteiger partial charge in [0.1, 0.15) is 9.88 Å². The molecule has 0 fully saturated rings. The van der Waals surface area contributed by atoms with Gasteiger partial charge in [0.05, 0.1) is 16.6 Å². The normalized spacial score (nSPS) is 12.6. The predicted octanol–water partition coefficient (Wildman–Crippen LogP) is 1.94. The largest absolute Gasteiger partial charge is 0.477 e. The van der Waals surface area contributed by atoms with Crippen molar-refractivity contribution in [1.29, 1.82) is 0 Å². The van der Waals surface area contributed by atoms with Crippen LogP contribution in [-0.4, -0.2) is 36.9 Å². The Hall–Kier alpha value is -2.30. The van der Waals surface area contributed by atoms with Crippen molar-refractivity contribution in [3.63, 3.8) is 0 Å². The molecule has 0 spiro atoms. The number of sulfonamides is 1. The van der Waals surface area contributed by atoms with Gasteiger partial charge in [0.25, 0.3) is 5.91 Å². The lowest BCUT2D eigenvalue weighted by atomic mass is 10.2. The van der Waals surface area contributed by atoms with Crippen LogP contribution in [0.15, 0.2) is 29.2 Å². The van der Waals surface area contributed by atoms with E-state index in [4.69, 9.17) is 5.11 Å². The van der Waals surface area contributed by atoms with Crippen molar-refractivity contribution in [2.24, 2.45) is 0 Å². The van der Waals surface area contributed by atoms with Crippen molar-refractivity contribution < 1.29 is 23.1 Å². The molecule has 0 aliphatic rings. The van der Waals surface area contributed by atoms with Crippen molar-refractivity contribution in [2.75, 3.05) is 6.54 Å². The lowest BCUT2D eigenvalue weighted by molar-refractivity contribution is 0.0700. The van der Waals surface area contributed by atoms with E-state index < -0.39 is 27.9 Å². The fourth-order valence-electron chi connectivity index (χ4n) is 2.20. The molecule has 0 aliphatic carbocycles. The molecule has 1 atom stereocenters. The van der Waals surface area contributed by atoms with Crippen LogP contribution in [0.1, 0.15) is 50.6 Å². The molecule has 140 valence electrons. The Labute approximate surface area is 155 Å². The van der Waals surface area contributed by atoms with E-state index in [1.165, 1.54) is 24.3 Å². The van der Waals surface area contributed by atoms with E-state index in [9.17, 15) is 18.0 Å². The summed E-state index contributed by atoms with van der Waals surface area (Å²) in [5.41, 5.74) is 0.690. The first-order valence-corrected chi connectivity index (χ1v) is 10.1. The van der Waals surface area contributed by atoms with Gasteiger partial charge >= 0.3 is 5.97 Å². The van der Waals surface area contributed by atoms with Gasteiger partial charge in [0, 0.05) is 12.1 Å². The van der Waals surface area contributed by atoms with Crippen LogP contribution in [0.25, 0.3) is 0 Å². The maximum absolute atomic E-state index is 12.3. The second kappa shape index (κ2) is 7.94. The van der Waals surface area contributed by atoms with E-state index in [-0.39, 0.29) is 16.3 Å². The van der Waals surface area contributed by atoms with Crippen molar-refractivity contribution in [1.82, 2.24) is 15.0 Å². The minimum atomic E-state index is -3.57. The maximum Gasteiger partial charge on any atom is 0.347 e. The Morgan fingerprint density at radius 2 is 1.88 bits per heavy atom. The Kier molecular flexibility index (Phi) is 6.11. The average Bonchev–Trinajstić information content (AvgIpc) is 2.97. The SMILES string of the molecule is CCNS(=O)(=O)c1ccc(C(=O)NC(C)c2nc(C)c(C(=O)O)s2)cc1. The summed E-state index contributed by atoms with van der Waals surface area (Å²) in [4.78, 5) is 27.8. The molecule has 1 aromatic heterocycles. The van der Waals surface area contributed by atoms with Gasteiger partial charge in [-0.3, -0.25) is 4.79 Å². The summed E-state index contributed by atoms with van der Waals surface area (Å²) in [7, 11) is -3.57. The van der Waals surface area contributed by atoms with Gasteiger partial charge in [-0.1, -0.05) is 6.92 Å². The zero-order chi connectivity index (χ0) is 19.5. The third kappa shape index (κ3) is 4.45. The Morgan fingerprint density at radius 1 is 1.27 bits per heavy atom. The molecular weight excluding hydrogens is 378 g/mol. The highest BCUT2D eigenvalue weighted by Gasteiger charge is 2.20. The second-order valence-electron chi connectivity index (χ2n) is 5.49. The van der Waals surface area contributed by atoms with Crippen LogP contribution in [0.3, 0.4) is 0 Å². The van der Waals surface area contributed by atoms with Gasteiger partial charge in [0.15, 0.2) is 0 Å². The molecule has 0 bridgehead atoms. The van der Waals surface area contributed by atoms with Gasteiger partial charge in [0.2, 0.25) is 10.0 Å². The lowest BCUT2D eigenvalue weighted by Crippen LogP contribution is -2.27. The highest BCUT2D eigenvalue weighted by atomic mass is 32.2. The highest BCUT2D eigenvalue weighted by molar-refractivity contribution is 7.89. The maximum atomic E-state index is 12.3. The lowest BCUT2D eigenvalue weighted by Gasteiger charge is -2.11. The second-order valence-corrected chi connectivity index (χ2v) is 8.29. The fraction of sp³-hybridized carbons (Fsp3) is 0.312. The van der Waals surface area contributed by atoms with Crippen LogP contribution in [0.4, 0.5) is 0 Å². The molecule has 0 saturated carbocycles. The monoisotopic (exact) mass is 397 g/mol. The van der Waals surface area contributed by atoms with Gasteiger partial charge in [-0.05, 0) is 38.1 Å². The molecule has 26 heavy (non-hydrogen) atoms. The molecule has 8 nitrogen and oxygen atoms in total. The van der Waals surface area contributed by atoms with Gasteiger partial charge in [-0.2, -0.15) is 0 Å². The average molecular weight is 397 g/mol. The number of aromatic carboxylic acids is 1. The summed E-state index contributed by atoms with van der Waals surface area (Å²) in [6.45, 7) is 5.25. The Bertz CT molecular complexity index is 920. The molecule has 1 unspecified atom stereocenters. The van der Waals surface area contributed by atoms with Crippen molar-refractivity contribution >= 4 is 33.2 Å². The standard InChI is InChI=1S/C16H19N3O5S2/c1-4-17-26(23,24)12-7-5-11(6-8-12)14(20)18-10(3)15-19-9(2)13(25-15)16(21)22/h5-8,10,17H,4H2,1-3H3,(H,18,20)(H,21,22). The molecule has 1 aromatic carbocycles. The van der Waals surface area contributed by atoms with E-state index in [2.05, 4.69) is 15.0 Å². The Morgan fingerprint density at radius 3 is 2.38 bits per heavy atom. The molecule has 1 amide bonds. The first kappa shape index (κ1) is 20.0. The minimum absolute atomic E-state index is 0.0746. The third-order valence-corrected chi connectivity index (χ3v) is 6.38. The van der Waals surface area contributed by atoms with Crippen LogP contribution >= 0.6 is 11.3 Å². The van der Waals surface area contributed by atoms with E-state index in [1.807, 2.05) is 0 Å². The molecule has 0 radical (unpaired) electrons. The quantitative estimate of drug-likeness (QED) is 0.656. The van der Waals surface area contributed by atoms with Crippen LogP contribution in [0, 0.1) is 6.92 Å². The van der Waals surface area contributed by atoms with E-state index in [0.29, 0.717) is 16.3 Å². The number of aryl methyl sites for hydroxylation is 1. The summed E-state index contributed by atoms with van der Waals surface area (Å²) in [5, 5.41) is 12.3.